The van der Waals surface area contributed by atoms with Crippen molar-refractivity contribution in [3.8, 4) is 0 Å². The van der Waals surface area contributed by atoms with Gasteiger partial charge in [0, 0.05) is 19.3 Å². The molecule has 0 radical (unpaired) electrons. The van der Waals surface area contributed by atoms with Crippen molar-refractivity contribution in [3.05, 3.63) is 0 Å². The van der Waals surface area contributed by atoms with Crippen LogP contribution < -0.4 is 0 Å². The van der Waals surface area contributed by atoms with Crippen LogP contribution >= 0.6 is 0 Å². The number of carbonyl (C=O) groups excluding carboxylic acids is 3. The summed E-state index contributed by atoms with van der Waals surface area (Å²) >= 11 is 0. The summed E-state index contributed by atoms with van der Waals surface area (Å²) in [6.07, 6.45) is 67.2. The maximum absolute atomic E-state index is 12.8. The lowest BCUT2D eigenvalue weighted by Crippen LogP contribution is -2.30. The number of hydrogen-bond donors (Lipinski definition) is 0. The van der Waals surface area contributed by atoms with E-state index in [9.17, 15) is 14.4 Å². The summed E-state index contributed by atoms with van der Waals surface area (Å²) in [4.78, 5) is 38.0. The molecule has 1 atom stereocenters. The molecule has 69 heavy (non-hydrogen) atoms. The average Bonchev–Trinajstić information content (AvgIpc) is 3.35. The molecule has 0 fully saturated rings. The molecule has 1 unspecified atom stereocenters. The van der Waals surface area contributed by atoms with Crippen LogP contribution in [0.25, 0.3) is 0 Å². The van der Waals surface area contributed by atoms with Crippen LogP contribution in [-0.4, -0.2) is 37.2 Å². The van der Waals surface area contributed by atoms with Gasteiger partial charge in [0.05, 0.1) is 0 Å². The highest BCUT2D eigenvalue weighted by atomic mass is 16.6. The Morgan fingerprint density at radius 2 is 0.391 bits per heavy atom. The second kappa shape index (κ2) is 59.0. The highest BCUT2D eigenvalue weighted by molar-refractivity contribution is 5.71. The highest BCUT2D eigenvalue weighted by Crippen LogP contribution is 2.19. The lowest BCUT2D eigenvalue weighted by molar-refractivity contribution is -0.167. The van der Waals surface area contributed by atoms with E-state index in [1.165, 1.54) is 270 Å². The lowest BCUT2D eigenvalue weighted by atomic mass is 10.0. The van der Waals surface area contributed by atoms with Crippen LogP contribution in [0.3, 0.4) is 0 Å². The minimum atomic E-state index is -0.760. The second-order valence-electron chi connectivity index (χ2n) is 21.7. The predicted octanol–water partition coefficient (Wildman–Crippen LogP) is 21.1. The van der Waals surface area contributed by atoms with E-state index < -0.39 is 6.10 Å². The Morgan fingerprint density at radius 1 is 0.232 bits per heavy atom. The fourth-order valence-electron chi connectivity index (χ4n) is 9.86. The lowest BCUT2D eigenvalue weighted by Gasteiger charge is -2.18. The van der Waals surface area contributed by atoms with Crippen LogP contribution in [-0.2, 0) is 28.6 Å². The summed E-state index contributed by atoms with van der Waals surface area (Å²) in [6.45, 7) is 6.67. The van der Waals surface area contributed by atoms with Crippen LogP contribution in [0, 0.1) is 0 Å². The van der Waals surface area contributed by atoms with Crippen molar-refractivity contribution in [2.45, 2.75) is 374 Å². The van der Waals surface area contributed by atoms with Crippen LogP contribution in [0.2, 0.25) is 0 Å². The van der Waals surface area contributed by atoms with Gasteiger partial charge in [-0.15, -0.1) is 0 Å². The zero-order chi connectivity index (χ0) is 50.0. The molecule has 0 aliphatic heterocycles. The van der Waals surface area contributed by atoms with Gasteiger partial charge in [0.1, 0.15) is 13.2 Å². The Morgan fingerprint density at radius 3 is 0.580 bits per heavy atom. The molecule has 0 N–H and O–H groups in total. The maximum atomic E-state index is 12.8. The van der Waals surface area contributed by atoms with Crippen LogP contribution in [0.15, 0.2) is 0 Å². The standard InChI is InChI=1S/C63H122O6/c1-4-7-10-13-16-18-20-22-24-25-26-27-28-29-30-31-32-33-34-35-36-37-39-40-42-44-47-50-53-56-62(65)68-59-60(58-67-61(64)55-52-49-46-15-12-9-6-3)69-63(66)57-54-51-48-45-43-41-38-23-21-19-17-14-11-8-5-2/h60H,4-59H2,1-3H3. The fourth-order valence-corrected chi connectivity index (χ4v) is 9.86. The predicted molar refractivity (Wildman–Crippen MR) is 298 cm³/mol. The molecule has 0 aliphatic rings. The molecule has 0 aromatic rings. The molecule has 0 spiro atoms. The number of carbonyl (C=O) groups is 3. The molecule has 0 bridgehead atoms. The Kier molecular flexibility index (Phi) is 57.6. The summed E-state index contributed by atoms with van der Waals surface area (Å²) in [5, 5.41) is 0. The van der Waals surface area contributed by atoms with Crippen LogP contribution in [0.4, 0.5) is 0 Å². The molecule has 6 heteroatoms. The number of hydrogen-bond acceptors (Lipinski definition) is 6. The van der Waals surface area contributed by atoms with E-state index in [-0.39, 0.29) is 31.1 Å². The van der Waals surface area contributed by atoms with Crippen molar-refractivity contribution < 1.29 is 28.6 Å². The van der Waals surface area contributed by atoms with Crippen molar-refractivity contribution >= 4 is 17.9 Å². The first-order valence-corrected chi connectivity index (χ1v) is 31.5. The summed E-state index contributed by atoms with van der Waals surface area (Å²) < 4.78 is 16.8. The van der Waals surface area contributed by atoms with Crippen molar-refractivity contribution in [1.29, 1.82) is 0 Å². The normalized spacial score (nSPS) is 11.9. The smallest absolute Gasteiger partial charge is 0.306 e. The van der Waals surface area contributed by atoms with Gasteiger partial charge in [0.2, 0.25) is 0 Å². The first-order valence-electron chi connectivity index (χ1n) is 31.5. The third kappa shape index (κ3) is 57.2. The molecule has 0 saturated carbocycles. The molecule has 0 aromatic carbocycles. The molecular formula is C63H122O6. The van der Waals surface area contributed by atoms with Gasteiger partial charge in [-0.3, -0.25) is 14.4 Å². The summed E-state index contributed by atoms with van der Waals surface area (Å²) in [5.41, 5.74) is 0. The first kappa shape index (κ1) is 67.4. The topological polar surface area (TPSA) is 78.9 Å². The van der Waals surface area contributed by atoms with Gasteiger partial charge >= 0.3 is 17.9 Å². The molecule has 410 valence electrons. The number of ether oxygens (including phenoxy) is 3. The molecule has 6 nitrogen and oxygen atoms in total. The minimum Gasteiger partial charge on any atom is -0.462 e. The fraction of sp³-hybridized carbons (Fsp3) is 0.952. The van der Waals surface area contributed by atoms with E-state index in [2.05, 4.69) is 20.8 Å². The first-order chi connectivity index (χ1) is 34.0. The van der Waals surface area contributed by atoms with Crippen LogP contribution in [0.5, 0.6) is 0 Å². The van der Waals surface area contributed by atoms with E-state index >= 15 is 0 Å². The maximum Gasteiger partial charge on any atom is 0.306 e. The SMILES string of the molecule is CCCCCCCCCCCCCCCCCCCCCCCCCCCCCCCC(=O)OCC(COC(=O)CCCCCCCCC)OC(=O)CCCCCCCCCCCCCCCCC. The van der Waals surface area contributed by atoms with Gasteiger partial charge in [0.25, 0.3) is 0 Å². The van der Waals surface area contributed by atoms with Gasteiger partial charge in [-0.2, -0.15) is 0 Å². The molecule has 0 rings (SSSR count). The van der Waals surface area contributed by atoms with Gasteiger partial charge in [0.15, 0.2) is 6.10 Å². The minimum absolute atomic E-state index is 0.0618. The Balaban J connectivity index is 3.96. The Labute approximate surface area is 431 Å². The van der Waals surface area contributed by atoms with Crippen molar-refractivity contribution in [3.63, 3.8) is 0 Å². The third-order valence-corrected chi connectivity index (χ3v) is 14.6. The zero-order valence-electron chi connectivity index (χ0n) is 47.1. The van der Waals surface area contributed by atoms with Crippen molar-refractivity contribution in [2.75, 3.05) is 13.2 Å². The zero-order valence-corrected chi connectivity index (χ0v) is 47.1. The summed E-state index contributed by atoms with van der Waals surface area (Å²) in [5.74, 6) is -0.841. The average molecular weight is 976 g/mol. The molecule has 0 aromatic heterocycles. The number of unbranched alkanes of at least 4 members (excludes halogenated alkanes) is 48. The van der Waals surface area contributed by atoms with Crippen LogP contribution in [0.1, 0.15) is 367 Å². The van der Waals surface area contributed by atoms with E-state index in [0.717, 1.165) is 57.8 Å². The largest absolute Gasteiger partial charge is 0.462 e. The van der Waals surface area contributed by atoms with Gasteiger partial charge in [-0.1, -0.05) is 329 Å². The summed E-state index contributed by atoms with van der Waals surface area (Å²) in [6, 6.07) is 0. The van der Waals surface area contributed by atoms with Crippen molar-refractivity contribution in [1.82, 2.24) is 0 Å². The Bertz CT molecular complexity index is 1030. The molecule has 0 aliphatic carbocycles. The molecule has 0 saturated heterocycles. The third-order valence-electron chi connectivity index (χ3n) is 14.6. The molecule has 0 amide bonds. The monoisotopic (exact) mass is 975 g/mol. The number of rotatable bonds is 59. The second-order valence-corrected chi connectivity index (χ2v) is 21.7. The Hall–Kier alpha value is -1.59. The highest BCUT2D eigenvalue weighted by Gasteiger charge is 2.19. The van der Waals surface area contributed by atoms with E-state index in [4.69, 9.17) is 14.2 Å². The van der Waals surface area contributed by atoms with E-state index in [0.29, 0.717) is 19.3 Å². The molecular weight excluding hydrogens is 853 g/mol. The van der Waals surface area contributed by atoms with Crippen molar-refractivity contribution in [2.24, 2.45) is 0 Å². The van der Waals surface area contributed by atoms with E-state index in [1.807, 2.05) is 0 Å². The molecule has 0 heterocycles. The van der Waals surface area contributed by atoms with E-state index in [1.54, 1.807) is 0 Å². The van der Waals surface area contributed by atoms with Gasteiger partial charge in [-0.25, -0.2) is 0 Å². The van der Waals surface area contributed by atoms with Gasteiger partial charge < -0.3 is 14.2 Å². The quantitative estimate of drug-likeness (QED) is 0.0343. The summed E-state index contributed by atoms with van der Waals surface area (Å²) in [7, 11) is 0. The van der Waals surface area contributed by atoms with Gasteiger partial charge in [-0.05, 0) is 19.3 Å². The number of esters is 3.